The summed E-state index contributed by atoms with van der Waals surface area (Å²) in [6.07, 6.45) is 4.65. The summed E-state index contributed by atoms with van der Waals surface area (Å²) < 4.78 is 3.18. The summed E-state index contributed by atoms with van der Waals surface area (Å²) in [4.78, 5) is 0. The molecule has 0 aromatic carbocycles. The molecule has 0 saturated heterocycles. The lowest BCUT2D eigenvalue weighted by Crippen LogP contribution is -2.00. The third kappa shape index (κ3) is 3.67. The molecule has 0 N–H and O–H groups in total. The summed E-state index contributed by atoms with van der Waals surface area (Å²) in [5.74, 6) is 0.802. The molecule has 0 radical (unpaired) electrons. The predicted molar refractivity (Wildman–Crippen MR) is 63.8 cm³/mol. The van der Waals surface area contributed by atoms with Crippen LogP contribution in [0.25, 0.3) is 0 Å². The van der Waals surface area contributed by atoms with Gasteiger partial charge in [-0.2, -0.15) is 5.10 Å². The van der Waals surface area contributed by atoms with Crippen LogP contribution in [0.1, 0.15) is 32.3 Å². The molecule has 0 unspecified atom stereocenters. The van der Waals surface area contributed by atoms with Crippen LogP contribution in [-0.4, -0.2) is 9.78 Å². The van der Waals surface area contributed by atoms with Gasteiger partial charge in [-0.1, -0.05) is 13.8 Å². The molecular formula is C10H17IN2. The number of nitrogens with zero attached hydrogens (tertiary/aromatic N) is 2. The Bertz CT molecular complexity index is 246. The zero-order valence-corrected chi connectivity index (χ0v) is 10.7. The maximum atomic E-state index is 4.41. The Morgan fingerprint density at radius 1 is 1.54 bits per heavy atom. The van der Waals surface area contributed by atoms with E-state index < -0.39 is 0 Å². The van der Waals surface area contributed by atoms with Crippen molar-refractivity contribution in [1.29, 1.82) is 0 Å². The maximum absolute atomic E-state index is 4.41. The predicted octanol–water partition coefficient (Wildman–Crippen LogP) is 3.23. The van der Waals surface area contributed by atoms with E-state index in [1.54, 1.807) is 0 Å². The minimum Gasteiger partial charge on any atom is -0.271 e. The first kappa shape index (κ1) is 11.0. The molecule has 0 saturated carbocycles. The van der Waals surface area contributed by atoms with Gasteiger partial charge in [0.1, 0.15) is 3.70 Å². The third-order valence-electron chi connectivity index (χ3n) is 2.05. The van der Waals surface area contributed by atoms with Crippen molar-refractivity contribution < 1.29 is 0 Å². The van der Waals surface area contributed by atoms with E-state index in [0.29, 0.717) is 0 Å². The van der Waals surface area contributed by atoms with Crippen molar-refractivity contribution in [2.24, 2.45) is 5.92 Å². The zero-order chi connectivity index (χ0) is 9.84. The van der Waals surface area contributed by atoms with Gasteiger partial charge in [0, 0.05) is 18.3 Å². The van der Waals surface area contributed by atoms with Gasteiger partial charge in [-0.25, -0.2) is 0 Å². The standard InChI is InChI=1S/C10H17IN2/c1-8(2)5-4-6-13-7-9(3)10(11)12-13/h7-8H,4-6H2,1-3H3. The number of hydrogen-bond acceptors (Lipinski definition) is 1. The van der Waals surface area contributed by atoms with E-state index in [1.807, 2.05) is 0 Å². The minimum atomic E-state index is 0.802. The van der Waals surface area contributed by atoms with Crippen LogP contribution in [-0.2, 0) is 6.54 Å². The van der Waals surface area contributed by atoms with Crippen LogP contribution in [0.5, 0.6) is 0 Å². The highest BCUT2D eigenvalue weighted by atomic mass is 127. The fourth-order valence-corrected chi connectivity index (χ4v) is 1.69. The molecule has 0 atom stereocenters. The molecule has 1 rings (SSSR count). The Morgan fingerprint density at radius 3 is 2.69 bits per heavy atom. The Labute approximate surface area is 93.9 Å². The van der Waals surface area contributed by atoms with E-state index in [4.69, 9.17) is 0 Å². The molecule has 74 valence electrons. The Hall–Kier alpha value is -0.0600. The first-order chi connectivity index (χ1) is 6.09. The monoisotopic (exact) mass is 292 g/mol. The fourth-order valence-electron chi connectivity index (χ4n) is 1.27. The van der Waals surface area contributed by atoms with Crippen LogP contribution >= 0.6 is 22.6 Å². The van der Waals surface area contributed by atoms with E-state index in [2.05, 4.69) is 59.3 Å². The number of aromatic nitrogens is 2. The van der Waals surface area contributed by atoms with Gasteiger partial charge in [0.2, 0.25) is 0 Å². The smallest absolute Gasteiger partial charge is 0.126 e. The normalized spacial score (nSPS) is 11.2. The second-order valence-corrected chi connectivity index (χ2v) is 4.92. The van der Waals surface area contributed by atoms with Gasteiger partial charge in [-0.15, -0.1) is 0 Å². The number of halogens is 1. The summed E-state index contributed by atoms with van der Waals surface area (Å²) in [7, 11) is 0. The van der Waals surface area contributed by atoms with Gasteiger partial charge in [0.05, 0.1) is 0 Å². The summed E-state index contributed by atoms with van der Waals surface area (Å²) >= 11 is 2.28. The van der Waals surface area contributed by atoms with Gasteiger partial charge >= 0.3 is 0 Å². The highest BCUT2D eigenvalue weighted by molar-refractivity contribution is 14.1. The number of rotatable bonds is 4. The second-order valence-electron chi connectivity index (χ2n) is 3.90. The van der Waals surface area contributed by atoms with Crippen molar-refractivity contribution in [3.8, 4) is 0 Å². The summed E-state index contributed by atoms with van der Waals surface area (Å²) in [5, 5.41) is 4.41. The highest BCUT2D eigenvalue weighted by Gasteiger charge is 2.01. The van der Waals surface area contributed by atoms with Crippen molar-refractivity contribution in [1.82, 2.24) is 9.78 Å². The van der Waals surface area contributed by atoms with Crippen molar-refractivity contribution >= 4 is 22.6 Å². The molecule has 3 heteroatoms. The molecule has 1 heterocycles. The average molecular weight is 292 g/mol. The molecule has 1 aromatic rings. The minimum absolute atomic E-state index is 0.802. The topological polar surface area (TPSA) is 17.8 Å². The molecule has 0 aliphatic rings. The quantitative estimate of drug-likeness (QED) is 0.779. The van der Waals surface area contributed by atoms with Gasteiger partial charge in [-0.05, 0) is 48.3 Å². The number of aryl methyl sites for hydroxylation is 2. The first-order valence-corrected chi connectivity index (χ1v) is 5.87. The van der Waals surface area contributed by atoms with Gasteiger partial charge in [0.25, 0.3) is 0 Å². The van der Waals surface area contributed by atoms with Crippen LogP contribution in [0, 0.1) is 16.5 Å². The maximum Gasteiger partial charge on any atom is 0.126 e. The van der Waals surface area contributed by atoms with Crippen molar-refractivity contribution in [2.45, 2.75) is 40.2 Å². The van der Waals surface area contributed by atoms with E-state index in [-0.39, 0.29) is 0 Å². The largest absolute Gasteiger partial charge is 0.271 e. The molecule has 0 aliphatic carbocycles. The van der Waals surface area contributed by atoms with Crippen LogP contribution in [0.3, 0.4) is 0 Å². The lowest BCUT2D eigenvalue weighted by Gasteiger charge is -2.03. The van der Waals surface area contributed by atoms with Gasteiger partial charge in [-0.3, -0.25) is 4.68 Å². The first-order valence-electron chi connectivity index (χ1n) is 4.79. The van der Waals surface area contributed by atoms with Crippen LogP contribution in [0.15, 0.2) is 6.20 Å². The molecule has 2 nitrogen and oxygen atoms in total. The van der Waals surface area contributed by atoms with E-state index >= 15 is 0 Å². The fraction of sp³-hybridized carbons (Fsp3) is 0.700. The molecule has 0 bridgehead atoms. The van der Waals surface area contributed by atoms with E-state index in [1.165, 1.54) is 18.4 Å². The SMILES string of the molecule is Cc1cn(CCCC(C)C)nc1I. The molecule has 0 spiro atoms. The molecule has 0 fully saturated rings. The lowest BCUT2D eigenvalue weighted by atomic mass is 10.1. The van der Waals surface area contributed by atoms with E-state index in [0.717, 1.165) is 16.2 Å². The lowest BCUT2D eigenvalue weighted by molar-refractivity contribution is 0.488. The van der Waals surface area contributed by atoms with Crippen LogP contribution in [0.4, 0.5) is 0 Å². The molecule has 0 aliphatic heterocycles. The third-order valence-corrected chi connectivity index (χ3v) is 3.12. The van der Waals surface area contributed by atoms with Gasteiger partial charge in [0.15, 0.2) is 0 Å². The number of hydrogen-bond donors (Lipinski definition) is 0. The molecule has 13 heavy (non-hydrogen) atoms. The zero-order valence-electron chi connectivity index (χ0n) is 8.55. The van der Waals surface area contributed by atoms with Crippen molar-refractivity contribution in [2.75, 3.05) is 0 Å². The molecule has 0 amide bonds. The van der Waals surface area contributed by atoms with Crippen LogP contribution < -0.4 is 0 Å². The molecular weight excluding hydrogens is 275 g/mol. The second kappa shape index (κ2) is 4.98. The highest BCUT2D eigenvalue weighted by Crippen LogP contribution is 2.10. The molecule has 1 aromatic heterocycles. The summed E-state index contributed by atoms with van der Waals surface area (Å²) in [6, 6.07) is 0. The summed E-state index contributed by atoms with van der Waals surface area (Å²) in [5.41, 5.74) is 1.28. The van der Waals surface area contributed by atoms with Crippen molar-refractivity contribution in [3.05, 3.63) is 15.5 Å². The average Bonchev–Trinajstić information content (AvgIpc) is 2.30. The van der Waals surface area contributed by atoms with E-state index in [9.17, 15) is 0 Å². The van der Waals surface area contributed by atoms with Gasteiger partial charge < -0.3 is 0 Å². The van der Waals surface area contributed by atoms with Crippen LogP contribution in [0.2, 0.25) is 0 Å². The summed E-state index contributed by atoms with van der Waals surface area (Å²) in [6.45, 7) is 7.69. The Kier molecular flexibility index (Phi) is 4.22. The Balaban J connectivity index is 2.37. The Morgan fingerprint density at radius 2 is 2.23 bits per heavy atom. The van der Waals surface area contributed by atoms with Crippen molar-refractivity contribution in [3.63, 3.8) is 0 Å².